The number of amides is 1. The molecule has 0 aliphatic heterocycles. The average Bonchev–Trinajstić information content (AvgIpc) is 3.26. The molecule has 24 heavy (non-hydrogen) atoms. The Bertz CT molecular complexity index is 797. The summed E-state index contributed by atoms with van der Waals surface area (Å²) in [7, 11) is 1.95. The predicted octanol–water partition coefficient (Wildman–Crippen LogP) is 2.13. The zero-order valence-electron chi connectivity index (χ0n) is 14.7. The molecule has 1 atom stereocenters. The summed E-state index contributed by atoms with van der Waals surface area (Å²) in [5, 5.41) is 9.49. The molecule has 128 valence electrons. The molecule has 0 radical (unpaired) electrons. The molecule has 0 aromatic carbocycles. The second-order valence-electron chi connectivity index (χ2n) is 7.69. The van der Waals surface area contributed by atoms with E-state index < -0.39 is 0 Å². The number of aromatic nitrogens is 3. The van der Waals surface area contributed by atoms with Crippen LogP contribution in [0.1, 0.15) is 55.6 Å². The molecule has 3 rings (SSSR count). The monoisotopic (exact) mass is 329 g/mol. The number of H-pyrrole nitrogens is 1. The SMILES string of the molecule is C[n+]1cc(C2CC2)nc2c(C(=O)N=CC(CO)C(C)(C)C)c[nH]c21. The molecule has 6 heteroatoms. The Morgan fingerprint density at radius 2 is 2.25 bits per heavy atom. The lowest BCUT2D eigenvalue weighted by atomic mass is 9.82. The van der Waals surface area contributed by atoms with E-state index >= 15 is 0 Å². The maximum atomic E-state index is 12.5. The van der Waals surface area contributed by atoms with Crippen molar-refractivity contribution in [3.63, 3.8) is 0 Å². The van der Waals surface area contributed by atoms with E-state index in [4.69, 9.17) is 0 Å². The Hall–Kier alpha value is -2.08. The topological polar surface area (TPSA) is 82.2 Å². The molecule has 2 heterocycles. The van der Waals surface area contributed by atoms with Gasteiger partial charge in [-0.2, -0.15) is 0 Å². The van der Waals surface area contributed by atoms with Crippen molar-refractivity contribution < 1.29 is 14.5 Å². The third-order valence-electron chi connectivity index (χ3n) is 4.66. The lowest BCUT2D eigenvalue weighted by Crippen LogP contribution is -2.30. The van der Waals surface area contributed by atoms with Crippen LogP contribution in [0, 0.1) is 11.3 Å². The highest BCUT2D eigenvalue weighted by Gasteiger charge is 2.29. The minimum atomic E-state index is -0.329. The van der Waals surface area contributed by atoms with Crippen molar-refractivity contribution in [1.82, 2.24) is 9.97 Å². The van der Waals surface area contributed by atoms with Gasteiger partial charge in [0, 0.05) is 18.1 Å². The van der Waals surface area contributed by atoms with Crippen molar-refractivity contribution in [2.75, 3.05) is 6.61 Å². The van der Waals surface area contributed by atoms with Gasteiger partial charge in [-0.25, -0.2) is 19.5 Å². The number of aliphatic hydroxyl groups excluding tert-OH is 1. The first-order chi connectivity index (χ1) is 11.3. The summed E-state index contributed by atoms with van der Waals surface area (Å²) < 4.78 is 1.97. The van der Waals surface area contributed by atoms with Crippen molar-refractivity contribution in [2.45, 2.75) is 39.5 Å². The number of hydrogen-bond acceptors (Lipinski definition) is 3. The molecule has 1 unspecified atom stereocenters. The lowest BCUT2D eigenvalue weighted by Gasteiger charge is -2.25. The number of fused-ring (bicyclic) bond motifs is 1. The van der Waals surface area contributed by atoms with E-state index in [-0.39, 0.29) is 23.8 Å². The molecule has 1 fully saturated rings. The van der Waals surface area contributed by atoms with Crippen LogP contribution in [0.3, 0.4) is 0 Å². The third kappa shape index (κ3) is 3.24. The molecule has 2 aromatic heterocycles. The van der Waals surface area contributed by atoms with Gasteiger partial charge in [-0.1, -0.05) is 20.8 Å². The molecular weight excluding hydrogens is 304 g/mol. The fraction of sp³-hybridized carbons (Fsp3) is 0.556. The van der Waals surface area contributed by atoms with Gasteiger partial charge >= 0.3 is 5.65 Å². The van der Waals surface area contributed by atoms with Gasteiger partial charge in [-0.3, -0.25) is 4.79 Å². The summed E-state index contributed by atoms with van der Waals surface area (Å²) in [6.45, 7) is 6.01. The van der Waals surface area contributed by atoms with Crippen LogP contribution in [0.5, 0.6) is 0 Å². The van der Waals surface area contributed by atoms with Gasteiger partial charge in [-0.15, -0.1) is 0 Å². The Morgan fingerprint density at radius 1 is 1.54 bits per heavy atom. The van der Waals surface area contributed by atoms with Crippen molar-refractivity contribution in [1.29, 1.82) is 0 Å². The van der Waals surface area contributed by atoms with E-state index in [1.807, 2.05) is 38.6 Å². The third-order valence-corrected chi connectivity index (χ3v) is 4.66. The number of aliphatic hydroxyl groups is 1. The van der Waals surface area contributed by atoms with Gasteiger partial charge < -0.3 is 5.11 Å². The summed E-state index contributed by atoms with van der Waals surface area (Å²) in [4.78, 5) is 24.4. The number of carbonyl (C=O) groups excluding carboxylic acids is 1. The molecule has 6 nitrogen and oxygen atoms in total. The quantitative estimate of drug-likeness (QED) is 0.666. The first-order valence-electron chi connectivity index (χ1n) is 8.38. The lowest BCUT2D eigenvalue weighted by molar-refractivity contribution is -0.647. The zero-order valence-corrected chi connectivity index (χ0v) is 14.7. The molecule has 1 amide bonds. The highest BCUT2D eigenvalue weighted by Crippen LogP contribution is 2.38. The van der Waals surface area contributed by atoms with Crippen LogP contribution < -0.4 is 4.57 Å². The summed E-state index contributed by atoms with van der Waals surface area (Å²) in [6, 6.07) is 0. The zero-order chi connectivity index (χ0) is 17.5. The summed E-state index contributed by atoms with van der Waals surface area (Å²) in [6.07, 6.45) is 7.57. The minimum absolute atomic E-state index is 0.0345. The van der Waals surface area contributed by atoms with Crippen LogP contribution in [-0.2, 0) is 7.05 Å². The Morgan fingerprint density at radius 3 is 2.83 bits per heavy atom. The van der Waals surface area contributed by atoms with Crippen molar-refractivity contribution in [3.05, 3.63) is 23.7 Å². The summed E-state index contributed by atoms with van der Waals surface area (Å²) in [5.74, 6) is 0.0174. The van der Waals surface area contributed by atoms with Crippen molar-refractivity contribution in [3.8, 4) is 0 Å². The molecule has 1 aliphatic carbocycles. The number of nitrogens with one attached hydrogen (secondary N) is 1. The molecule has 2 aromatic rings. The standard InChI is InChI=1S/C18H24N4O2/c1-18(2,3)12(10-23)7-20-17(24)13-8-19-16-15(13)21-14(9-22(16)4)11-5-6-11/h7-9,11-12,23H,5-6,10H2,1-4H3/p+1. The van der Waals surface area contributed by atoms with E-state index in [9.17, 15) is 9.90 Å². The fourth-order valence-electron chi connectivity index (χ4n) is 2.72. The summed E-state index contributed by atoms with van der Waals surface area (Å²) in [5.41, 5.74) is 2.84. The Balaban J connectivity index is 1.92. The van der Waals surface area contributed by atoms with Crippen LogP contribution >= 0.6 is 0 Å². The molecule has 0 spiro atoms. The summed E-state index contributed by atoms with van der Waals surface area (Å²) >= 11 is 0. The highest BCUT2D eigenvalue weighted by molar-refractivity contribution is 6.07. The van der Waals surface area contributed by atoms with E-state index in [0.29, 0.717) is 17.0 Å². The molecular formula is C18H25N4O2+. The minimum Gasteiger partial charge on any atom is -0.396 e. The van der Waals surface area contributed by atoms with E-state index in [2.05, 4.69) is 15.0 Å². The van der Waals surface area contributed by atoms with Gasteiger partial charge in [0.1, 0.15) is 18.0 Å². The van der Waals surface area contributed by atoms with Crippen LogP contribution in [0.2, 0.25) is 0 Å². The number of aryl methyl sites for hydroxylation is 1. The van der Waals surface area contributed by atoms with Crippen LogP contribution in [0.25, 0.3) is 11.2 Å². The first kappa shape index (κ1) is 16.8. The second kappa shape index (κ2) is 6.09. The average molecular weight is 329 g/mol. The number of carbonyl (C=O) groups is 1. The molecule has 1 aliphatic rings. The van der Waals surface area contributed by atoms with Crippen LogP contribution in [-0.4, -0.2) is 33.8 Å². The first-order valence-corrected chi connectivity index (χ1v) is 8.38. The van der Waals surface area contributed by atoms with Gasteiger partial charge in [0.05, 0.1) is 19.3 Å². The smallest absolute Gasteiger partial charge is 0.306 e. The van der Waals surface area contributed by atoms with E-state index in [1.165, 1.54) is 0 Å². The van der Waals surface area contributed by atoms with Crippen molar-refractivity contribution in [2.24, 2.45) is 23.4 Å². The van der Waals surface area contributed by atoms with Crippen LogP contribution in [0.4, 0.5) is 0 Å². The molecule has 0 bridgehead atoms. The van der Waals surface area contributed by atoms with E-state index in [1.54, 1.807) is 12.4 Å². The van der Waals surface area contributed by atoms with Gasteiger partial charge in [-0.05, 0) is 18.3 Å². The maximum absolute atomic E-state index is 12.5. The maximum Gasteiger partial charge on any atom is 0.306 e. The number of aromatic amines is 1. The number of aliphatic imine (C=N–C) groups is 1. The second-order valence-corrected chi connectivity index (χ2v) is 7.69. The molecule has 0 saturated heterocycles. The fourth-order valence-corrected chi connectivity index (χ4v) is 2.72. The predicted molar refractivity (Wildman–Crippen MR) is 92.1 cm³/mol. The molecule has 1 saturated carbocycles. The Kier molecular flexibility index (Phi) is 4.25. The number of nitrogens with zero attached hydrogens (tertiary/aromatic N) is 3. The largest absolute Gasteiger partial charge is 0.396 e. The van der Waals surface area contributed by atoms with Crippen LogP contribution in [0.15, 0.2) is 17.4 Å². The Labute approximate surface area is 141 Å². The number of rotatable bonds is 4. The van der Waals surface area contributed by atoms with E-state index in [0.717, 1.165) is 24.2 Å². The normalized spacial score (nSPS) is 16.9. The highest BCUT2D eigenvalue weighted by atomic mass is 16.3. The van der Waals surface area contributed by atoms with Crippen molar-refractivity contribution >= 4 is 23.3 Å². The van der Waals surface area contributed by atoms with Gasteiger partial charge in [0.25, 0.3) is 5.91 Å². The van der Waals surface area contributed by atoms with Gasteiger partial charge in [0.15, 0.2) is 5.52 Å². The number of hydrogen-bond donors (Lipinski definition) is 2. The molecule has 2 N–H and O–H groups in total. The van der Waals surface area contributed by atoms with Gasteiger partial charge in [0.2, 0.25) is 0 Å².